The van der Waals surface area contributed by atoms with Crippen molar-refractivity contribution in [2.45, 2.75) is 12.2 Å². The van der Waals surface area contributed by atoms with Crippen LogP contribution in [0.4, 0.5) is 0 Å². The first-order chi connectivity index (χ1) is 13.2. The van der Waals surface area contributed by atoms with Gasteiger partial charge in [-0.15, -0.1) is 12.8 Å². The van der Waals surface area contributed by atoms with E-state index >= 15 is 0 Å². The molecule has 0 saturated heterocycles. The van der Waals surface area contributed by atoms with Crippen LogP contribution in [0.2, 0.25) is 0 Å². The maximum absolute atomic E-state index is 12.3. The van der Waals surface area contributed by atoms with E-state index in [9.17, 15) is 18.7 Å². The van der Waals surface area contributed by atoms with Gasteiger partial charge in [-0.2, -0.15) is 0 Å². The molecule has 0 heterocycles. The van der Waals surface area contributed by atoms with Crippen LogP contribution in [0.25, 0.3) is 0 Å². The molecule has 0 aromatic carbocycles. The number of rotatable bonds is 13. The third-order valence-corrected chi connectivity index (χ3v) is 5.47. The van der Waals surface area contributed by atoms with Gasteiger partial charge in [-0.3, -0.25) is 27.1 Å². The van der Waals surface area contributed by atoms with E-state index in [2.05, 4.69) is 27.6 Å². The first kappa shape index (κ1) is 26.3. The fourth-order valence-corrected chi connectivity index (χ4v) is 3.03. The number of phosphoric acid groups is 2. The van der Waals surface area contributed by atoms with Crippen molar-refractivity contribution in [3.8, 4) is 24.7 Å². The molecule has 0 aromatic rings. The van der Waals surface area contributed by atoms with Gasteiger partial charge in [0.05, 0.1) is 0 Å². The lowest BCUT2D eigenvalue weighted by Crippen LogP contribution is -2.45. The van der Waals surface area contributed by atoms with Gasteiger partial charge in [0.2, 0.25) is 12.2 Å². The molecule has 0 aliphatic rings. The summed E-state index contributed by atoms with van der Waals surface area (Å²) in [6.45, 7) is -1.08. The standard InChI is InChI=1S/C14H20O12P2/c1-7-9-23-13(15)11(25-27(17,19-3)20-4)12(14(16)24-10-8-2)26-28(18,21-5)22-6/h1-2,11-12H,9-10H2,3-6H3. The number of carbonyl (C=O) groups excluding carboxylic acids is 2. The molecule has 0 radical (unpaired) electrons. The highest BCUT2D eigenvalue weighted by atomic mass is 31.2. The average Bonchev–Trinajstić information content (AvgIpc) is 2.72. The SMILES string of the molecule is C#CCOC(=O)C(OP(=O)(OC)OC)C(OP(=O)(OC)OC)C(=O)OCC#C. The van der Waals surface area contributed by atoms with Crippen LogP contribution in [-0.4, -0.2) is 65.8 Å². The third-order valence-electron chi connectivity index (χ3n) is 2.71. The Morgan fingerprint density at radius 3 is 1.25 bits per heavy atom. The van der Waals surface area contributed by atoms with Crippen LogP contribution in [0, 0.1) is 24.7 Å². The molecule has 14 heteroatoms. The van der Waals surface area contributed by atoms with E-state index in [1.807, 2.05) is 11.8 Å². The van der Waals surface area contributed by atoms with E-state index in [0.29, 0.717) is 0 Å². The molecule has 0 saturated carbocycles. The molecule has 158 valence electrons. The van der Waals surface area contributed by atoms with Crippen LogP contribution in [0.5, 0.6) is 0 Å². The van der Waals surface area contributed by atoms with Gasteiger partial charge in [0, 0.05) is 28.4 Å². The van der Waals surface area contributed by atoms with Crippen molar-refractivity contribution in [3.05, 3.63) is 0 Å². The quantitative estimate of drug-likeness (QED) is 0.227. The normalized spacial score (nSPS) is 13.6. The van der Waals surface area contributed by atoms with Gasteiger partial charge in [-0.1, -0.05) is 11.8 Å². The zero-order chi connectivity index (χ0) is 21.8. The van der Waals surface area contributed by atoms with E-state index in [1.165, 1.54) is 0 Å². The van der Waals surface area contributed by atoms with Crippen molar-refractivity contribution >= 4 is 27.6 Å². The zero-order valence-electron chi connectivity index (χ0n) is 15.5. The summed E-state index contributed by atoms with van der Waals surface area (Å²) < 4.78 is 62.1. The second-order valence-corrected chi connectivity index (χ2v) is 7.97. The first-order valence-electron chi connectivity index (χ1n) is 7.15. The molecule has 0 aliphatic heterocycles. The summed E-state index contributed by atoms with van der Waals surface area (Å²) >= 11 is 0. The van der Waals surface area contributed by atoms with Gasteiger partial charge in [-0.05, 0) is 0 Å². The average molecular weight is 442 g/mol. The van der Waals surface area contributed by atoms with E-state index in [4.69, 9.17) is 21.9 Å². The molecule has 0 aliphatic carbocycles. The Morgan fingerprint density at radius 2 is 1.04 bits per heavy atom. The third kappa shape index (κ3) is 8.11. The summed E-state index contributed by atoms with van der Waals surface area (Å²) in [6.07, 6.45) is 5.65. The fourth-order valence-electron chi connectivity index (χ4n) is 1.43. The lowest BCUT2D eigenvalue weighted by atomic mass is 10.2. The van der Waals surface area contributed by atoms with Gasteiger partial charge in [-0.25, -0.2) is 18.7 Å². The number of hydrogen-bond donors (Lipinski definition) is 0. The second kappa shape index (κ2) is 12.7. The summed E-state index contributed by atoms with van der Waals surface area (Å²) in [4.78, 5) is 24.6. The predicted octanol–water partition coefficient (Wildman–Crippen LogP) is 0.911. The monoisotopic (exact) mass is 442 g/mol. The highest BCUT2D eigenvalue weighted by Crippen LogP contribution is 2.53. The van der Waals surface area contributed by atoms with Crippen molar-refractivity contribution < 1.29 is 55.3 Å². The molecule has 0 rings (SSSR count). The van der Waals surface area contributed by atoms with Gasteiger partial charge in [0.1, 0.15) is 0 Å². The van der Waals surface area contributed by atoms with E-state index in [0.717, 1.165) is 28.4 Å². The molecule has 0 N–H and O–H groups in total. The second-order valence-electron chi connectivity index (χ2n) is 4.30. The van der Waals surface area contributed by atoms with Crippen LogP contribution >= 0.6 is 15.6 Å². The number of terminal acetylenes is 2. The topological polar surface area (TPSA) is 142 Å². The molecule has 2 unspecified atom stereocenters. The molecule has 0 spiro atoms. The Balaban J connectivity index is 6.09. The van der Waals surface area contributed by atoms with Crippen molar-refractivity contribution in [2.75, 3.05) is 41.7 Å². The van der Waals surface area contributed by atoms with Crippen LogP contribution in [0.3, 0.4) is 0 Å². The summed E-state index contributed by atoms with van der Waals surface area (Å²) in [6, 6.07) is 0. The minimum absolute atomic E-state index is 0.540. The van der Waals surface area contributed by atoms with Crippen LogP contribution in [0.1, 0.15) is 0 Å². The Hall–Kier alpha value is -1.72. The minimum atomic E-state index is -4.38. The Labute approximate surface area is 162 Å². The lowest BCUT2D eigenvalue weighted by Gasteiger charge is -2.27. The Bertz CT molecular complexity index is 630. The smallest absolute Gasteiger partial charge is 0.450 e. The highest BCUT2D eigenvalue weighted by Gasteiger charge is 2.47. The maximum atomic E-state index is 12.3. The summed E-state index contributed by atoms with van der Waals surface area (Å²) in [5.74, 6) is 1.32. The van der Waals surface area contributed by atoms with Crippen LogP contribution in [0.15, 0.2) is 0 Å². The van der Waals surface area contributed by atoms with E-state index in [-0.39, 0.29) is 0 Å². The molecule has 0 bridgehead atoms. The fraction of sp³-hybridized carbons (Fsp3) is 0.571. The summed E-state index contributed by atoms with van der Waals surface area (Å²) in [5.41, 5.74) is 0. The summed E-state index contributed by atoms with van der Waals surface area (Å²) in [5, 5.41) is 0. The predicted molar refractivity (Wildman–Crippen MR) is 92.6 cm³/mol. The summed E-state index contributed by atoms with van der Waals surface area (Å²) in [7, 11) is -4.99. The number of carbonyl (C=O) groups is 2. The van der Waals surface area contributed by atoms with E-state index < -0.39 is 53.0 Å². The number of hydrogen-bond acceptors (Lipinski definition) is 12. The van der Waals surface area contributed by atoms with Crippen molar-refractivity contribution in [1.82, 2.24) is 0 Å². The minimum Gasteiger partial charge on any atom is -0.450 e. The Morgan fingerprint density at radius 1 is 0.750 bits per heavy atom. The van der Waals surface area contributed by atoms with Gasteiger partial charge in [0.25, 0.3) is 0 Å². The zero-order valence-corrected chi connectivity index (χ0v) is 17.3. The highest BCUT2D eigenvalue weighted by molar-refractivity contribution is 7.48. The maximum Gasteiger partial charge on any atom is 0.475 e. The van der Waals surface area contributed by atoms with Crippen molar-refractivity contribution in [3.63, 3.8) is 0 Å². The molecule has 0 aromatic heterocycles. The van der Waals surface area contributed by atoms with Crippen LogP contribution < -0.4 is 0 Å². The molecule has 2 atom stereocenters. The Kier molecular flexibility index (Phi) is 11.9. The van der Waals surface area contributed by atoms with Gasteiger partial charge in [0.15, 0.2) is 13.2 Å². The number of esters is 2. The van der Waals surface area contributed by atoms with Gasteiger partial charge >= 0.3 is 27.6 Å². The van der Waals surface area contributed by atoms with Gasteiger partial charge < -0.3 is 9.47 Å². The first-order valence-corrected chi connectivity index (χ1v) is 10.1. The van der Waals surface area contributed by atoms with Crippen molar-refractivity contribution in [1.29, 1.82) is 0 Å². The van der Waals surface area contributed by atoms with Crippen LogP contribution in [-0.2, 0) is 55.3 Å². The molecule has 0 amide bonds. The van der Waals surface area contributed by atoms with E-state index in [1.54, 1.807) is 0 Å². The largest absolute Gasteiger partial charge is 0.475 e. The molecular weight excluding hydrogens is 422 g/mol. The number of ether oxygens (including phenoxy) is 2. The van der Waals surface area contributed by atoms with Crippen molar-refractivity contribution in [2.24, 2.45) is 0 Å². The molecular formula is C14H20O12P2. The molecule has 0 fully saturated rings. The molecule has 28 heavy (non-hydrogen) atoms. The number of phosphoric ester groups is 2. The lowest BCUT2D eigenvalue weighted by molar-refractivity contribution is -0.169. The molecule has 12 nitrogen and oxygen atoms in total.